The van der Waals surface area contributed by atoms with Crippen molar-refractivity contribution >= 4 is 27.5 Å². The Morgan fingerprint density at radius 3 is 2.78 bits per heavy atom. The molecule has 0 saturated heterocycles. The number of carbonyl (C=O) groups excluding carboxylic acids is 1. The first kappa shape index (κ1) is 17.2. The molecule has 0 aliphatic carbocycles. The summed E-state index contributed by atoms with van der Waals surface area (Å²) in [5.41, 5.74) is 3.50. The maximum absolute atomic E-state index is 12.1. The summed E-state index contributed by atoms with van der Waals surface area (Å²) in [6, 6.07) is 15.3. The fourth-order valence-electron chi connectivity index (χ4n) is 2.27. The lowest BCUT2D eigenvalue weighted by atomic mass is 10.1. The Kier molecular flexibility index (Phi) is 5.91. The van der Waals surface area contributed by atoms with Crippen LogP contribution in [-0.4, -0.2) is 24.4 Å². The minimum atomic E-state index is -0.0642. The number of amides is 1. The second-order valence-corrected chi connectivity index (χ2v) is 6.35. The summed E-state index contributed by atoms with van der Waals surface area (Å²) in [7, 11) is 1.88. The van der Waals surface area contributed by atoms with Crippen molar-refractivity contribution in [2.24, 2.45) is 0 Å². The second kappa shape index (κ2) is 7.91. The first-order valence-corrected chi connectivity index (χ1v) is 8.01. The third-order valence-corrected chi connectivity index (χ3v) is 4.25. The van der Waals surface area contributed by atoms with Gasteiger partial charge in [0.05, 0.1) is 18.2 Å². The van der Waals surface area contributed by atoms with Crippen molar-refractivity contribution < 1.29 is 4.79 Å². The van der Waals surface area contributed by atoms with Crippen molar-refractivity contribution in [1.29, 1.82) is 5.26 Å². The number of nitrogens with zero attached hydrogens (tertiary/aromatic N) is 2. The van der Waals surface area contributed by atoms with Gasteiger partial charge >= 0.3 is 0 Å². The van der Waals surface area contributed by atoms with Gasteiger partial charge in [0.2, 0.25) is 5.91 Å². The highest BCUT2D eigenvalue weighted by Crippen LogP contribution is 2.20. The molecule has 0 aliphatic heterocycles. The third-order valence-electron chi connectivity index (χ3n) is 3.36. The van der Waals surface area contributed by atoms with Gasteiger partial charge in [-0.1, -0.05) is 28.1 Å². The van der Waals surface area contributed by atoms with Crippen molar-refractivity contribution in [1.82, 2.24) is 4.90 Å². The monoisotopic (exact) mass is 371 g/mol. The van der Waals surface area contributed by atoms with Crippen molar-refractivity contribution in [3.63, 3.8) is 0 Å². The Hall–Kier alpha value is -2.16. The molecule has 0 heterocycles. The molecule has 0 bridgehead atoms. The summed E-state index contributed by atoms with van der Waals surface area (Å²) in [6.07, 6.45) is 0. The predicted molar refractivity (Wildman–Crippen MR) is 95.0 cm³/mol. The van der Waals surface area contributed by atoms with E-state index < -0.39 is 0 Å². The Morgan fingerprint density at radius 2 is 2.09 bits per heavy atom. The van der Waals surface area contributed by atoms with Crippen LogP contribution in [0.2, 0.25) is 0 Å². The third kappa shape index (κ3) is 5.20. The molecule has 23 heavy (non-hydrogen) atoms. The number of hydrogen-bond donors (Lipinski definition) is 1. The van der Waals surface area contributed by atoms with E-state index in [0.29, 0.717) is 12.1 Å². The van der Waals surface area contributed by atoms with Crippen LogP contribution in [-0.2, 0) is 11.3 Å². The lowest BCUT2D eigenvalue weighted by Gasteiger charge is -2.16. The van der Waals surface area contributed by atoms with E-state index in [2.05, 4.69) is 27.3 Å². The van der Waals surface area contributed by atoms with Crippen molar-refractivity contribution in [2.45, 2.75) is 13.5 Å². The topological polar surface area (TPSA) is 56.1 Å². The second-order valence-electron chi connectivity index (χ2n) is 5.50. The van der Waals surface area contributed by atoms with Gasteiger partial charge in [-0.25, -0.2) is 0 Å². The molecule has 0 fully saturated rings. The highest BCUT2D eigenvalue weighted by molar-refractivity contribution is 9.10. The average Bonchev–Trinajstić information content (AvgIpc) is 2.51. The summed E-state index contributed by atoms with van der Waals surface area (Å²) in [5.74, 6) is -0.0642. The molecule has 2 aromatic rings. The van der Waals surface area contributed by atoms with Crippen molar-refractivity contribution in [3.05, 3.63) is 63.6 Å². The largest absolute Gasteiger partial charge is 0.325 e. The van der Waals surface area contributed by atoms with Gasteiger partial charge in [-0.2, -0.15) is 5.26 Å². The van der Waals surface area contributed by atoms with Crippen LogP contribution in [0.4, 0.5) is 5.69 Å². The van der Waals surface area contributed by atoms with Crippen LogP contribution in [0.5, 0.6) is 0 Å². The van der Waals surface area contributed by atoms with E-state index in [1.807, 2.05) is 55.3 Å². The molecule has 0 unspecified atom stereocenters. The Bertz CT molecular complexity index is 752. The number of hydrogen-bond acceptors (Lipinski definition) is 3. The van der Waals surface area contributed by atoms with E-state index in [9.17, 15) is 4.79 Å². The molecule has 0 spiro atoms. The van der Waals surface area contributed by atoms with E-state index >= 15 is 0 Å². The number of nitrogens with one attached hydrogen (secondary N) is 1. The van der Waals surface area contributed by atoms with Crippen LogP contribution in [0, 0.1) is 18.3 Å². The molecule has 0 aliphatic rings. The van der Waals surface area contributed by atoms with Gasteiger partial charge in [0.25, 0.3) is 0 Å². The normalized spacial score (nSPS) is 10.4. The number of halogens is 1. The maximum atomic E-state index is 12.1. The summed E-state index contributed by atoms with van der Waals surface area (Å²) in [4.78, 5) is 14.0. The van der Waals surface area contributed by atoms with E-state index in [0.717, 1.165) is 21.3 Å². The lowest BCUT2D eigenvalue weighted by molar-refractivity contribution is -0.117. The molecule has 0 radical (unpaired) electrons. The highest BCUT2D eigenvalue weighted by Gasteiger charge is 2.08. The maximum Gasteiger partial charge on any atom is 0.238 e. The molecule has 0 atom stereocenters. The van der Waals surface area contributed by atoms with Crippen molar-refractivity contribution in [3.8, 4) is 6.07 Å². The standard InChI is InChI=1S/C18H18BrN3O/c1-13-8-16(6-7-17(13)19)21-18(23)12-22(2)11-15-5-3-4-14(9-15)10-20/h3-9H,11-12H2,1-2H3,(H,21,23). The van der Waals surface area contributed by atoms with E-state index in [1.165, 1.54) is 0 Å². The zero-order valence-electron chi connectivity index (χ0n) is 13.1. The van der Waals surface area contributed by atoms with E-state index in [4.69, 9.17) is 5.26 Å². The van der Waals surface area contributed by atoms with Gasteiger partial charge in [0.15, 0.2) is 0 Å². The Balaban J connectivity index is 1.91. The first-order valence-electron chi connectivity index (χ1n) is 7.21. The average molecular weight is 372 g/mol. The van der Waals surface area contributed by atoms with Gasteiger partial charge in [0, 0.05) is 16.7 Å². The number of aryl methyl sites for hydroxylation is 1. The quantitative estimate of drug-likeness (QED) is 0.871. The molecular formula is C18H18BrN3O. The van der Waals surface area contributed by atoms with Crippen LogP contribution >= 0.6 is 15.9 Å². The number of nitriles is 1. The molecule has 1 amide bonds. The van der Waals surface area contributed by atoms with Crippen LogP contribution in [0.25, 0.3) is 0 Å². The summed E-state index contributed by atoms with van der Waals surface area (Å²) in [5, 5.41) is 11.8. The van der Waals surface area contributed by atoms with E-state index in [-0.39, 0.29) is 12.5 Å². The zero-order chi connectivity index (χ0) is 16.8. The van der Waals surface area contributed by atoms with Crippen LogP contribution in [0.15, 0.2) is 46.9 Å². The Labute approximate surface area is 144 Å². The number of anilines is 1. The van der Waals surface area contributed by atoms with Crippen LogP contribution < -0.4 is 5.32 Å². The van der Waals surface area contributed by atoms with E-state index in [1.54, 1.807) is 6.07 Å². The van der Waals surface area contributed by atoms with Crippen molar-refractivity contribution in [2.75, 3.05) is 18.9 Å². The van der Waals surface area contributed by atoms with Gasteiger partial charge in [-0.05, 0) is 55.4 Å². The first-order chi connectivity index (χ1) is 11.0. The minimum absolute atomic E-state index is 0.0642. The summed E-state index contributed by atoms with van der Waals surface area (Å²) >= 11 is 3.44. The molecule has 118 valence electrons. The Morgan fingerprint density at radius 1 is 1.30 bits per heavy atom. The molecule has 2 rings (SSSR count). The summed E-state index contributed by atoms with van der Waals surface area (Å²) < 4.78 is 1.02. The fraction of sp³-hybridized carbons (Fsp3) is 0.222. The SMILES string of the molecule is Cc1cc(NC(=O)CN(C)Cc2cccc(C#N)c2)ccc1Br. The molecule has 5 heteroatoms. The molecular weight excluding hydrogens is 354 g/mol. The van der Waals surface area contributed by atoms with Gasteiger partial charge in [-0.15, -0.1) is 0 Å². The van der Waals surface area contributed by atoms with Crippen LogP contribution in [0.3, 0.4) is 0 Å². The molecule has 4 nitrogen and oxygen atoms in total. The van der Waals surface area contributed by atoms with Gasteiger partial charge in [0.1, 0.15) is 0 Å². The minimum Gasteiger partial charge on any atom is -0.325 e. The predicted octanol–water partition coefficient (Wildman–Crippen LogP) is 3.70. The lowest BCUT2D eigenvalue weighted by Crippen LogP contribution is -2.29. The molecule has 0 saturated carbocycles. The van der Waals surface area contributed by atoms with Crippen LogP contribution in [0.1, 0.15) is 16.7 Å². The zero-order valence-corrected chi connectivity index (χ0v) is 14.7. The molecule has 2 aromatic carbocycles. The fourth-order valence-corrected chi connectivity index (χ4v) is 2.52. The number of likely N-dealkylation sites (N-methyl/N-ethyl adjacent to an activating group) is 1. The molecule has 0 aromatic heterocycles. The van der Waals surface area contributed by atoms with Gasteiger partial charge in [-0.3, -0.25) is 9.69 Å². The number of benzene rings is 2. The highest BCUT2D eigenvalue weighted by atomic mass is 79.9. The number of carbonyl (C=O) groups is 1. The molecule has 1 N–H and O–H groups in total. The smallest absolute Gasteiger partial charge is 0.238 e. The number of rotatable bonds is 5. The van der Waals surface area contributed by atoms with Gasteiger partial charge < -0.3 is 5.32 Å². The summed E-state index contributed by atoms with van der Waals surface area (Å²) in [6.45, 7) is 2.88.